The molecule has 164 valence electrons. The molecule has 8 heteroatoms. The summed E-state index contributed by atoms with van der Waals surface area (Å²) in [6, 6.07) is 13.5. The molecule has 0 radical (unpaired) electrons. The van der Waals surface area contributed by atoms with Crippen molar-refractivity contribution in [2.24, 2.45) is 0 Å². The van der Waals surface area contributed by atoms with E-state index in [0.717, 1.165) is 23.2 Å². The SMILES string of the molecule is CC[C@@H](C)Nc1nc(Nc2cccc(C)c2C)cc(-c2cccc(OC(F)(F)F)c2)n1. The molecule has 1 heterocycles. The molecule has 0 bridgehead atoms. The van der Waals surface area contributed by atoms with Crippen molar-refractivity contribution in [3.63, 3.8) is 0 Å². The minimum absolute atomic E-state index is 0.128. The molecule has 0 saturated heterocycles. The highest BCUT2D eigenvalue weighted by molar-refractivity contribution is 5.69. The van der Waals surface area contributed by atoms with E-state index >= 15 is 0 Å². The zero-order valence-corrected chi connectivity index (χ0v) is 17.8. The summed E-state index contributed by atoms with van der Waals surface area (Å²) in [4.78, 5) is 9.06. The first-order valence-corrected chi connectivity index (χ1v) is 9.99. The van der Waals surface area contributed by atoms with E-state index in [0.29, 0.717) is 23.0 Å². The first-order valence-electron chi connectivity index (χ1n) is 9.99. The second-order valence-electron chi connectivity index (χ2n) is 7.36. The average molecular weight is 430 g/mol. The Labute approximate surface area is 179 Å². The fraction of sp³-hybridized carbons (Fsp3) is 0.304. The van der Waals surface area contributed by atoms with Gasteiger partial charge in [0.15, 0.2) is 0 Å². The first kappa shape index (κ1) is 22.4. The van der Waals surface area contributed by atoms with E-state index in [4.69, 9.17) is 0 Å². The summed E-state index contributed by atoms with van der Waals surface area (Å²) in [5.41, 5.74) is 4.07. The van der Waals surface area contributed by atoms with E-state index in [2.05, 4.69) is 25.3 Å². The van der Waals surface area contributed by atoms with E-state index in [1.807, 2.05) is 45.9 Å². The number of alkyl halides is 3. The van der Waals surface area contributed by atoms with Gasteiger partial charge in [-0.25, -0.2) is 4.98 Å². The van der Waals surface area contributed by atoms with Gasteiger partial charge in [-0.05, 0) is 56.5 Å². The number of hydrogen-bond acceptors (Lipinski definition) is 5. The van der Waals surface area contributed by atoms with Crippen LogP contribution in [0.25, 0.3) is 11.3 Å². The molecular weight excluding hydrogens is 405 g/mol. The van der Waals surface area contributed by atoms with Crippen LogP contribution in [0.1, 0.15) is 31.4 Å². The van der Waals surface area contributed by atoms with E-state index in [-0.39, 0.29) is 11.8 Å². The molecule has 0 spiro atoms. The van der Waals surface area contributed by atoms with Gasteiger partial charge in [0.25, 0.3) is 0 Å². The van der Waals surface area contributed by atoms with E-state index < -0.39 is 6.36 Å². The van der Waals surface area contributed by atoms with Crippen LogP contribution in [0.2, 0.25) is 0 Å². The summed E-state index contributed by atoms with van der Waals surface area (Å²) < 4.78 is 41.9. The number of benzene rings is 2. The van der Waals surface area contributed by atoms with E-state index in [9.17, 15) is 13.2 Å². The Hall–Kier alpha value is -3.29. The number of aryl methyl sites for hydroxylation is 1. The molecule has 0 unspecified atom stereocenters. The van der Waals surface area contributed by atoms with Crippen LogP contribution >= 0.6 is 0 Å². The molecule has 3 aromatic rings. The van der Waals surface area contributed by atoms with Gasteiger partial charge in [-0.1, -0.05) is 31.2 Å². The standard InChI is InChI=1S/C23H25F3N4O/c1-5-15(3)27-22-29-20(17-9-7-10-18(12-17)31-23(24,25)26)13-21(30-22)28-19-11-6-8-14(2)16(19)4/h6-13,15H,5H2,1-4H3,(H2,27,28,29,30)/t15-/m1/s1. The lowest BCUT2D eigenvalue weighted by Crippen LogP contribution is -2.17. The summed E-state index contributed by atoms with van der Waals surface area (Å²) in [5.74, 6) is 0.623. The number of anilines is 3. The van der Waals surface area contributed by atoms with Crippen molar-refractivity contribution in [2.45, 2.75) is 46.5 Å². The molecule has 0 amide bonds. The normalized spacial score (nSPS) is 12.4. The molecule has 31 heavy (non-hydrogen) atoms. The van der Waals surface area contributed by atoms with Crippen LogP contribution in [-0.2, 0) is 0 Å². The number of aromatic nitrogens is 2. The second kappa shape index (κ2) is 9.24. The highest BCUT2D eigenvalue weighted by atomic mass is 19.4. The average Bonchev–Trinajstić information content (AvgIpc) is 2.70. The third kappa shape index (κ3) is 6.10. The molecule has 0 aliphatic rings. The third-order valence-electron chi connectivity index (χ3n) is 4.94. The van der Waals surface area contributed by atoms with Gasteiger partial charge in [0.05, 0.1) is 5.69 Å². The van der Waals surface area contributed by atoms with Crippen molar-refractivity contribution >= 4 is 17.5 Å². The summed E-state index contributed by atoms with van der Waals surface area (Å²) in [6.45, 7) is 8.07. The molecule has 5 nitrogen and oxygen atoms in total. The topological polar surface area (TPSA) is 59.1 Å². The maximum absolute atomic E-state index is 12.6. The molecule has 1 aromatic heterocycles. The van der Waals surface area contributed by atoms with Gasteiger partial charge < -0.3 is 15.4 Å². The van der Waals surface area contributed by atoms with Crippen LogP contribution in [0.5, 0.6) is 5.75 Å². The summed E-state index contributed by atoms with van der Waals surface area (Å²) in [7, 11) is 0. The number of ether oxygens (including phenoxy) is 1. The fourth-order valence-corrected chi connectivity index (χ4v) is 2.92. The minimum Gasteiger partial charge on any atom is -0.406 e. The number of rotatable bonds is 7. The zero-order valence-electron chi connectivity index (χ0n) is 17.8. The minimum atomic E-state index is -4.76. The number of nitrogens with one attached hydrogen (secondary N) is 2. The lowest BCUT2D eigenvalue weighted by atomic mass is 10.1. The molecule has 0 saturated carbocycles. The van der Waals surface area contributed by atoms with Crippen molar-refractivity contribution in [1.29, 1.82) is 0 Å². The Morgan fingerprint density at radius 3 is 2.48 bits per heavy atom. The first-order chi connectivity index (χ1) is 14.6. The molecule has 0 aliphatic heterocycles. The smallest absolute Gasteiger partial charge is 0.406 e. The second-order valence-corrected chi connectivity index (χ2v) is 7.36. The van der Waals surface area contributed by atoms with Crippen molar-refractivity contribution in [3.05, 3.63) is 59.7 Å². The summed E-state index contributed by atoms with van der Waals surface area (Å²) >= 11 is 0. The fourth-order valence-electron chi connectivity index (χ4n) is 2.92. The van der Waals surface area contributed by atoms with Gasteiger partial charge in [0.2, 0.25) is 5.95 Å². The number of hydrogen-bond donors (Lipinski definition) is 2. The van der Waals surface area contributed by atoms with Gasteiger partial charge in [0, 0.05) is 23.4 Å². The van der Waals surface area contributed by atoms with Crippen LogP contribution in [0.15, 0.2) is 48.5 Å². The summed E-state index contributed by atoms with van der Waals surface area (Å²) in [6.07, 6.45) is -3.90. The zero-order chi connectivity index (χ0) is 22.6. The van der Waals surface area contributed by atoms with Crippen LogP contribution in [0.4, 0.5) is 30.6 Å². The Bertz CT molecular complexity index is 1050. The van der Waals surface area contributed by atoms with Crippen molar-refractivity contribution in [3.8, 4) is 17.0 Å². The maximum atomic E-state index is 12.6. The number of halogens is 3. The molecule has 3 rings (SSSR count). The van der Waals surface area contributed by atoms with Crippen LogP contribution in [0, 0.1) is 13.8 Å². The Morgan fingerprint density at radius 2 is 1.77 bits per heavy atom. The van der Waals surface area contributed by atoms with Gasteiger partial charge in [-0.3, -0.25) is 0 Å². The Morgan fingerprint density at radius 1 is 1.03 bits per heavy atom. The number of nitrogens with zero attached hydrogens (tertiary/aromatic N) is 2. The molecule has 2 N–H and O–H groups in total. The highest BCUT2D eigenvalue weighted by Gasteiger charge is 2.31. The monoisotopic (exact) mass is 430 g/mol. The van der Waals surface area contributed by atoms with Gasteiger partial charge in [0.1, 0.15) is 11.6 Å². The molecule has 0 aliphatic carbocycles. The Kier molecular flexibility index (Phi) is 6.68. The van der Waals surface area contributed by atoms with Crippen LogP contribution in [0.3, 0.4) is 0 Å². The van der Waals surface area contributed by atoms with Crippen molar-refractivity contribution in [1.82, 2.24) is 9.97 Å². The van der Waals surface area contributed by atoms with Gasteiger partial charge in [-0.15, -0.1) is 13.2 Å². The summed E-state index contributed by atoms with van der Waals surface area (Å²) in [5, 5.41) is 6.54. The maximum Gasteiger partial charge on any atom is 0.573 e. The molecule has 1 atom stereocenters. The van der Waals surface area contributed by atoms with Crippen molar-refractivity contribution in [2.75, 3.05) is 10.6 Å². The lowest BCUT2D eigenvalue weighted by molar-refractivity contribution is -0.274. The van der Waals surface area contributed by atoms with Crippen LogP contribution < -0.4 is 15.4 Å². The highest BCUT2D eigenvalue weighted by Crippen LogP contribution is 2.30. The Balaban J connectivity index is 2.01. The van der Waals surface area contributed by atoms with Crippen molar-refractivity contribution < 1.29 is 17.9 Å². The predicted molar refractivity (Wildman–Crippen MR) is 117 cm³/mol. The lowest BCUT2D eigenvalue weighted by Gasteiger charge is -2.16. The van der Waals surface area contributed by atoms with Gasteiger partial charge >= 0.3 is 6.36 Å². The van der Waals surface area contributed by atoms with Gasteiger partial charge in [-0.2, -0.15) is 4.98 Å². The predicted octanol–water partition coefficient (Wildman–Crippen LogP) is 6.61. The third-order valence-corrected chi connectivity index (χ3v) is 4.94. The van der Waals surface area contributed by atoms with E-state index in [1.54, 1.807) is 12.1 Å². The molecule has 0 fully saturated rings. The largest absolute Gasteiger partial charge is 0.573 e. The van der Waals surface area contributed by atoms with E-state index in [1.165, 1.54) is 18.2 Å². The molecule has 2 aromatic carbocycles. The molecular formula is C23H25F3N4O. The quantitative estimate of drug-likeness (QED) is 0.441. The van der Waals surface area contributed by atoms with Crippen LogP contribution in [-0.4, -0.2) is 22.4 Å².